The SMILES string of the molecule is Cc1cc(F)cc2ccnc(N(C(=O)c3ccc(-c4cn(C)nn4)cn3)C3CCCNC3)c12. The second-order valence-corrected chi connectivity index (χ2v) is 8.34. The Morgan fingerprint density at radius 1 is 1.24 bits per heavy atom. The fourth-order valence-corrected chi connectivity index (χ4v) is 4.40. The van der Waals surface area contributed by atoms with Crippen molar-refractivity contribution in [2.45, 2.75) is 25.8 Å². The number of nitrogens with zero attached hydrogens (tertiary/aromatic N) is 6. The molecule has 33 heavy (non-hydrogen) atoms. The summed E-state index contributed by atoms with van der Waals surface area (Å²) in [7, 11) is 1.79. The summed E-state index contributed by atoms with van der Waals surface area (Å²) in [6.07, 6.45) is 6.84. The molecular weight excluding hydrogens is 421 g/mol. The summed E-state index contributed by atoms with van der Waals surface area (Å²) in [5.74, 6) is -0.0164. The molecule has 5 rings (SSSR count). The summed E-state index contributed by atoms with van der Waals surface area (Å²) in [6, 6.07) is 8.15. The zero-order valence-electron chi connectivity index (χ0n) is 18.5. The van der Waals surface area contributed by atoms with Crippen molar-refractivity contribution in [1.82, 2.24) is 30.3 Å². The van der Waals surface area contributed by atoms with E-state index in [1.54, 1.807) is 47.4 Å². The van der Waals surface area contributed by atoms with Gasteiger partial charge in [0, 0.05) is 36.9 Å². The largest absolute Gasteiger partial charge is 0.315 e. The number of piperidine rings is 1. The van der Waals surface area contributed by atoms with Crippen molar-refractivity contribution in [2.75, 3.05) is 18.0 Å². The van der Waals surface area contributed by atoms with Crippen molar-refractivity contribution in [3.05, 3.63) is 66.0 Å². The van der Waals surface area contributed by atoms with Crippen LogP contribution in [-0.2, 0) is 7.05 Å². The smallest absolute Gasteiger partial charge is 0.278 e. The molecule has 0 saturated carbocycles. The molecule has 1 aliphatic heterocycles. The van der Waals surface area contributed by atoms with Gasteiger partial charge in [-0.05, 0) is 67.6 Å². The summed E-state index contributed by atoms with van der Waals surface area (Å²) >= 11 is 0. The molecule has 0 bridgehead atoms. The highest BCUT2D eigenvalue weighted by molar-refractivity contribution is 6.10. The molecule has 8 nitrogen and oxygen atoms in total. The first-order chi connectivity index (χ1) is 16.0. The molecule has 9 heteroatoms. The second-order valence-electron chi connectivity index (χ2n) is 8.34. The summed E-state index contributed by atoms with van der Waals surface area (Å²) in [6.45, 7) is 3.41. The van der Waals surface area contributed by atoms with Crippen molar-refractivity contribution in [3.8, 4) is 11.3 Å². The van der Waals surface area contributed by atoms with E-state index in [0.29, 0.717) is 29.1 Å². The van der Waals surface area contributed by atoms with E-state index in [1.807, 2.05) is 13.0 Å². The molecule has 1 fully saturated rings. The van der Waals surface area contributed by atoms with Gasteiger partial charge in [-0.3, -0.25) is 19.4 Å². The molecule has 1 aliphatic rings. The van der Waals surface area contributed by atoms with Crippen molar-refractivity contribution in [2.24, 2.45) is 7.05 Å². The third-order valence-electron chi connectivity index (χ3n) is 5.97. The number of fused-ring (bicyclic) bond motifs is 1. The van der Waals surface area contributed by atoms with Gasteiger partial charge in [0.05, 0.1) is 12.2 Å². The van der Waals surface area contributed by atoms with Gasteiger partial charge in [-0.25, -0.2) is 9.37 Å². The number of nitrogens with one attached hydrogen (secondary N) is 1. The molecule has 168 valence electrons. The standard InChI is InChI=1S/C24H24FN7O/c1-15-10-18(25)11-16-7-9-27-23(22(15)16)32(19-4-3-8-26-13-19)24(33)20-6-5-17(12-28-20)21-14-31(2)30-29-21/h5-7,9-12,14,19,26H,3-4,8,13H2,1-2H3. The molecule has 0 radical (unpaired) electrons. The average Bonchev–Trinajstić information content (AvgIpc) is 3.26. The molecule has 1 N–H and O–H groups in total. The van der Waals surface area contributed by atoms with Crippen LogP contribution in [0, 0.1) is 12.7 Å². The topological polar surface area (TPSA) is 88.8 Å². The Morgan fingerprint density at radius 2 is 2.12 bits per heavy atom. The Bertz CT molecular complexity index is 1310. The highest BCUT2D eigenvalue weighted by Crippen LogP contribution is 2.32. The highest BCUT2D eigenvalue weighted by Gasteiger charge is 2.31. The van der Waals surface area contributed by atoms with Crippen LogP contribution >= 0.6 is 0 Å². The van der Waals surface area contributed by atoms with Crippen LogP contribution in [0.3, 0.4) is 0 Å². The van der Waals surface area contributed by atoms with Gasteiger partial charge in [-0.1, -0.05) is 5.21 Å². The quantitative estimate of drug-likeness (QED) is 0.519. The molecule has 3 aromatic heterocycles. The van der Waals surface area contributed by atoms with Gasteiger partial charge in [-0.2, -0.15) is 0 Å². The van der Waals surface area contributed by atoms with Crippen LogP contribution in [0.1, 0.15) is 28.9 Å². The number of carbonyl (C=O) groups is 1. The molecule has 1 saturated heterocycles. The van der Waals surface area contributed by atoms with Gasteiger partial charge in [0.25, 0.3) is 5.91 Å². The Balaban J connectivity index is 1.58. The normalized spacial score (nSPS) is 16.2. The van der Waals surface area contributed by atoms with Crippen LogP contribution in [0.25, 0.3) is 22.0 Å². The molecule has 4 aromatic rings. The Hall–Kier alpha value is -3.72. The maximum Gasteiger partial charge on any atom is 0.278 e. The Kier molecular flexibility index (Phi) is 5.55. The van der Waals surface area contributed by atoms with Crippen LogP contribution in [0.4, 0.5) is 10.2 Å². The van der Waals surface area contributed by atoms with Gasteiger partial charge in [-0.15, -0.1) is 5.10 Å². The number of rotatable bonds is 4. The number of hydrogen-bond donors (Lipinski definition) is 1. The van der Waals surface area contributed by atoms with E-state index < -0.39 is 0 Å². The fourth-order valence-electron chi connectivity index (χ4n) is 4.40. The summed E-state index contributed by atoms with van der Waals surface area (Å²) < 4.78 is 15.7. The predicted molar refractivity (Wildman–Crippen MR) is 123 cm³/mol. The summed E-state index contributed by atoms with van der Waals surface area (Å²) in [5.41, 5.74) is 2.51. The third-order valence-corrected chi connectivity index (χ3v) is 5.97. The van der Waals surface area contributed by atoms with Crippen LogP contribution in [-0.4, -0.2) is 50.0 Å². The number of amides is 1. The average molecular weight is 446 g/mol. The summed E-state index contributed by atoms with van der Waals surface area (Å²) in [4.78, 5) is 24.6. The lowest BCUT2D eigenvalue weighted by molar-refractivity contribution is 0.0967. The molecular formula is C24H24FN7O. The van der Waals surface area contributed by atoms with E-state index in [0.717, 1.165) is 35.9 Å². The van der Waals surface area contributed by atoms with E-state index in [-0.39, 0.29) is 17.8 Å². The first-order valence-corrected chi connectivity index (χ1v) is 10.9. The van der Waals surface area contributed by atoms with E-state index in [9.17, 15) is 9.18 Å². The number of hydrogen-bond acceptors (Lipinski definition) is 6. The maximum atomic E-state index is 14.1. The highest BCUT2D eigenvalue weighted by atomic mass is 19.1. The van der Waals surface area contributed by atoms with E-state index in [2.05, 4.69) is 25.6 Å². The lowest BCUT2D eigenvalue weighted by atomic mass is 10.0. The minimum atomic E-state index is -0.310. The minimum absolute atomic E-state index is 0.0877. The zero-order valence-corrected chi connectivity index (χ0v) is 18.5. The number of pyridine rings is 2. The van der Waals surface area contributed by atoms with Crippen molar-refractivity contribution >= 4 is 22.5 Å². The van der Waals surface area contributed by atoms with Crippen LogP contribution in [0.15, 0.2) is 48.9 Å². The number of halogens is 1. The van der Waals surface area contributed by atoms with Gasteiger partial charge in [0.15, 0.2) is 0 Å². The molecule has 0 spiro atoms. The van der Waals surface area contributed by atoms with Gasteiger partial charge >= 0.3 is 0 Å². The van der Waals surface area contributed by atoms with Gasteiger partial charge in [0.2, 0.25) is 0 Å². The lowest BCUT2D eigenvalue weighted by Gasteiger charge is -2.34. The number of aryl methyl sites for hydroxylation is 2. The number of aromatic nitrogens is 5. The van der Waals surface area contributed by atoms with Crippen LogP contribution in [0.2, 0.25) is 0 Å². The van der Waals surface area contributed by atoms with E-state index >= 15 is 0 Å². The second kappa shape index (κ2) is 8.67. The third kappa shape index (κ3) is 4.07. The van der Waals surface area contributed by atoms with E-state index in [4.69, 9.17) is 0 Å². The molecule has 1 aromatic carbocycles. The number of benzene rings is 1. The molecule has 1 unspecified atom stereocenters. The summed E-state index contributed by atoms with van der Waals surface area (Å²) in [5, 5.41) is 12.9. The first-order valence-electron chi connectivity index (χ1n) is 10.9. The number of anilines is 1. The van der Waals surface area contributed by atoms with Crippen molar-refractivity contribution < 1.29 is 9.18 Å². The predicted octanol–water partition coefficient (Wildman–Crippen LogP) is 3.27. The molecule has 0 aliphatic carbocycles. The van der Waals surface area contributed by atoms with Gasteiger partial charge < -0.3 is 5.32 Å². The van der Waals surface area contributed by atoms with Crippen LogP contribution in [0.5, 0.6) is 0 Å². The Labute approximate surface area is 190 Å². The van der Waals surface area contributed by atoms with Crippen LogP contribution < -0.4 is 10.2 Å². The van der Waals surface area contributed by atoms with E-state index in [1.165, 1.54) is 12.1 Å². The monoisotopic (exact) mass is 445 g/mol. The van der Waals surface area contributed by atoms with Crippen molar-refractivity contribution in [1.29, 1.82) is 0 Å². The molecule has 4 heterocycles. The lowest BCUT2D eigenvalue weighted by Crippen LogP contribution is -2.49. The first kappa shape index (κ1) is 21.1. The molecule has 1 amide bonds. The number of carbonyl (C=O) groups excluding carboxylic acids is 1. The van der Waals surface area contributed by atoms with Gasteiger partial charge in [0.1, 0.15) is 23.0 Å². The minimum Gasteiger partial charge on any atom is -0.315 e. The molecule has 1 atom stereocenters. The Morgan fingerprint density at radius 3 is 2.82 bits per heavy atom. The zero-order chi connectivity index (χ0) is 22.9. The fraction of sp³-hybridized carbons (Fsp3) is 0.292. The maximum absolute atomic E-state index is 14.1. The van der Waals surface area contributed by atoms with Crippen molar-refractivity contribution in [3.63, 3.8) is 0 Å².